The molecule has 0 saturated heterocycles. The topological polar surface area (TPSA) is 50.1 Å². The molecular weight excluding hydrogens is 214 g/mol. The van der Waals surface area contributed by atoms with Crippen LogP contribution in [0.4, 0.5) is 0 Å². The van der Waals surface area contributed by atoms with Crippen LogP contribution in [0.25, 0.3) is 0 Å². The van der Waals surface area contributed by atoms with Gasteiger partial charge in [-0.2, -0.15) is 5.10 Å². The van der Waals surface area contributed by atoms with Crippen LogP contribution in [0.3, 0.4) is 0 Å². The number of hydrogen-bond donors (Lipinski definition) is 2. The summed E-state index contributed by atoms with van der Waals surface area (Å²) in [5.74, 6) is 0.850. The highest BCUT2D eigenvalue weighted by Gasteiger charge is 2.20. The van der Waals surface area contributed by atoms with Crippen LogP contribution >= 0.6 is 0 Å². The molecular formula is C13H23N3O. The van der Waals surface area contributed by atoms with E-state index in [1.54, 1.807) is 4.68 Å². The van der Waals surface area contributed by atoms with Gasteiger partial charge in [-0.3, -0.25) is 4.68 Å². The summed E-state index contributed by atoms with van der Waals surface area (Å²) in [5, 5.41) is 16.6. The molecule has 1 aliphatic rings. The van der Waals surface area contributed by atoms with E-state index in [1.807, 2.05) is 12.4 Å². The quantitative estimate of drug-likeness (QED) is 0.789. The molecule has 0 spiro atoms. The molecule has 1 fully saturated rings. The maximum atomic E-state index is 8.81. The van der Waals surface area contributed by atoms with Crippen molar-refractivity contribution < 1.29 is 5.11 Å². The third-order valence-corrected chi connectivity index (χ3v) is 3.75. The number of hydrogen-bond acceptors (Lipinski definition) is 3. The molecule has 0 unspecified atom stereocenters. The summed E-state index contributed by atoms with van der Waals surface area (Å²) < 4.78 is 1.79. The van der Waals surface area contributed by atoms with Crippen molar-refractivity contribution >= 4 is 0 Å². The summed E-state index contributed by atoms with van der Waals surface area (Å²) in [6.45, 7) is 3.89. The zero-order chi connectivity index (χ0) is 12.1. The molecule has 17 heavy (non-hydrogen) atoms. The maximum Gasteiger partial charge on any atom is 0.0640 e. The van der Waals surface area contributed by atoms with Crippen LogP contribution in [-0.4, -0.2) is 27.5 Å². The summed E-state index contributed by atoms with van der Waals surface area (Å²) in [6, 6.07) is 0.596. The highest BCUT2D eigenvalue weighted by Crippen LogP contribution is 2.27. The summed E-state index contributed by atoms with van der Waals surface area (Å²) >= 11 is 0. The zero-order valence-corrected chi connectivity index (χ0v) is 10.6. The van der Waals surface area contributed by atoms with Crippen molar-refractivity contribution in [3.05, 3.63) is 18.0 Å². The van der Waals surface area contributed by atoms with Crippen LogP contribution in [0.15, 0.2) is 12.4 Å². The third kappa shape index (κ3) is 3.54. The van der Waals surface area contributed by atoms with Crippen LogP contribution in [0.2, 0.25) is 0 Å². The number of nitrogens with zero attached hydrogens (tertiary/aromatic N) is 2. The van der Waals surface area contributed by atoms with Gasteiger partial charge in [-0.1, -0.05) is 12.8 Å². The predicted octanol–water partition coefficient (Wildman–Crippen LogP) is 1.54. The molecule has 0 aliphatic heterocycles. The summed E-state index contributed by atoms with van der Waals surface area (Å²) in [7, 11) is 0. The average Bonchev–Trinajstić information content (AvgIpc) is 2.97. The number of nitrogens with one attached hydrogen (secondary N) is 1. The monoisotopic (exact) mass is 237 g/mol. The standard InChI is InChI=1S/C13H23N3O/c1-11(13-4-2-3-5-13)14-8-12-9-15-16(10-12)6-7-17/h9-11,13-14,17H,2-8H2,1H3/t11-/m0/s1. The first kappa shape index (κ1) is 12.6. The average molecular weight is 237 g/mol. The maximum absolute atomic E-state index is 8.81. The van der Waals surface area contributed by atoms with Crippen molar-refractivity contribution in [3.63, 3.8) is 0 Å². The van der Waals surface area contributed by atoms with E-state index in [0.717, 1.165) is 12.5 Å². The highest BCUT2D eigenvalue weighted by atomic mass is 16.3. The van der Waals surface area contributed by atoms with Gasteiger partial charge in [0.1, 0.15) is 0 Å². The van der Waals surface area contributed by atoms with E-state index in [2.05, 4.69) is 17.3 Å². The molecule has 4 heteroatoms. The van der Waals surface area contributed by atoms with E-state index < -0.39 is 0 Å². The van der Waals surface area contributed by atoms with Gasteiger partial charge >= 0.3 is 0 Å². The van der Waals surface area contributed by atoms with Gasteiger partial charge in [-0.25, -0.2) is 0 Å². The fourth-order valence-electron chi connectivity index (χ4n) is 2.63. The fourth-order valence-corrected chi connectivity index (χ4v) is 2.63. The fraction of sp³-hybridized carbons (Fsp3) is 0.769. The minimum absolute atomic E-state index is 0.146. The lowest BCUT2D eigenvalue weighted by molar-refractivity contribution is 0.269. The molecule has 2 N–H and O–H groups in total. The van der Waals surface area contributed by atoms with Crippen LogP contribution in [0.1, 0.15) is 38.2 Å². The van der Waals surface area contributed by atoms with Crippen LogP contribution in [0, 0.1) is 5.92 Å². The van der Waals surface area contributed by atoms with Crippen LogP contribution in [0.5, 0.6) is 0 Å². The minimum Gasteiger partial charge on any atom is -0.394 e. The van der Waals surface area contributed by atoms with Gasteiger partial charge in [-0.15, -0.1) is 0 Å². The Hall–Kier alpha value is -0.870. The van der Waals surface area contributed by atoms with Gasteiger partial charge in [0.25, 0.3) is 0 Å². The second kappa shape index (κ2) is 6.17. The Morgan fingerprint density at radius 3 is 3.00 bits per heavy atom. The van der Waals surface area contributed by atoms with Crippen molar-refractivity contribution in [3.8, 4) is 0 Å². The zero-order valence-electron chi connectivity index (χ0n) is 10.6. The van der Waals surface area contributed by atoms with Crippen molar-refractivity contribution in [1.29, 1.82) is 0 Å². The molecule has 0 bridgehead atoms. The van der Waals surface area contributed by atoms with Gasteiger partial charge in [0.05, 0.1) is 19.3 Å². The third-order valence-electron chi connectivity index (χ3n) is 3.75. The Morgan fingerprint density at radius 1 is 1.53 bits per heavy atom. The van der Waals surface area contributed by atoms with E-state index >= 15 is 0 Å². The van der Waals surface area contributed by atoms with Gasteiger partial charge in [0.2, 0.25) is 0 Å². The van der Waals surface area contributed by atoms with Gasteiger partial charge in [-0.05, 0) is 25.7 Å². The summed E-state index contributed by atoms with van der Waals surface area (Å²) in [4.78, 5) is 0. The summed E-state index contributed by atoms with van der Waals surface area (Å²) in [5.41, 5.74) is 1.20. The molecule has 1 saturated carbocycles. The smallest absolute Gasteiger partial charge is 0.0640 e. The second-order valence-corrected chi connectivity index (χ2v) is 5.05. The van der Waals surface area contributed by atoms with Gasteiger partial charge in [0, 0.05) is 24.3 Å². The lowest BCUT2D eigenvalue weighted by atomic mass is 10.00. The largest absolute Gasteiger partial charge is 0.394 e. The number of rotatable bonds is 6. The van der Waals surface area contributed by atoms with Crippen molar-refractivity contribution in [1.82, 2.24) is 15.1 Å². The Kier molecular flexibility index (Phi) is 4.57. The van der Waals surface area contributed by atoms with E-state index in [9.17, 15) is 0 Å². The Bertz CT molecular complexity index is 331. The molecule has 1 aromatic heterocycles. The van der Waals surface area contributed by atoms with Gasteiger partial charge < -0.3 is 10.4 Å². The minimum atomic E-state index is 0.146. The van der Waals surface area contributed by atoms with Crippen molar-refractivity contribution in [2.24, 2.45) is 5.92 Å². The van der Waals surface area contributed by atoms with E-state index in [0.29, 0.717) is 12.6 Å². The first-order chi connectivity index (χ1) is 8.29. The normalized spacial score (nSPS) is 18.7. The highest BCUT2D eigenvalue weighted by molar-refractivity contribution is 5.03. The Labute approximate surface area is 103 Å². The van der Waals surface area contributed by atoms with E-state index in [1.165, 1.54) is 31.2 Å². The Morgan fingerprint density at radius 2 is 2.29 bits per heavy atom. The molecule has 0 amide bonds. The number of aliphatic hydroxyl groups is 1. The van der Waals surface area contributed by atoms with Crippen LogP contribution < -0.4 is 5.32 Å². The molecule has 0 radical (unpaired) electrons. The number of aromatic nitrogens is 2. The van der Waals surface area contributed by atoms with E-state index in [4.69, 9.17) is 5.11 Å². The lowest BCUT2D eigenvalue weighted by Crippen LogP contribution is -2.31. The molecule has 4 nitrogen and oxygen atoms in total. The SMILES string of the molecule is C[C@H](NCc1cnn(CCO)c1)C1CCCC1. The van der Waals surface area contributed by atoms with Crippen molar-refractivity contribution in [2.75, 3.05) is 6.61 Å². The lowest BCUT2D eigenvalue weighted by Gasteiger charge is -2.19. The van der Waals surface area contributed by atoms with E-state index in [-0.39, 0.29) is 6.61 Å². The Balaban J connectivity index is 1.76. The molecule has 2 rings (SSSR count). The summed E-state index contributed by atoms with van der Waals surface area (Å²) in [6.07, 6.45) is 9.42. The second-order valence-electron chi connectivity index (χ2n) is 5.05. The number of aliphatic hydroxyl groups excluding tert-OH is 1. The van der Waals surface area contributed by atoms with Crippen LogP contribution in [-0.2, 0) is 13.1 Å². The predicted molar refractivity (Wildman–Crippen MR) is 67.6 cm³/mol. The molecule has 0 aromatic carbocycles. The molecule has 1 atom stereocenters. The van der Waals surface area contributed by atoms with Crippen molar-refractivity contribution in [2.45, 2.75) is 51.7 Å². The molecule has 1 aromatic rings. The molecule has 1 heterocycles. The first-order valence-electron chi connectivity index (χ1n) is 6.65. The molecule has 1 aliphatic carbocycles. The molecule has 96 valence electrons. The van der Waals surface area contributed by atoms with Gasteiger partial charge in [0.15, 0.2) is 0 Å². The first-order valence-corrected chi connectivity index (χ1v) is 6.65.